The summed E-state index contributed by atoms with van der Waals surface area (Å²) in [7, 11) is 0. The van der Waals surface area contributed by atoms with E-state index in [9.17, 15) is 5.11 Å². The molecule has 0 saturated carbocycles. The number of hydrogen-bond acceptors (Lipinski definition) is 3. The fourth-order valence-electron chi connectivity index (χ4n) is 2.60. The van der Waals surface area contributed by atoms with Crippen molar-refractivity contribution in [3.05, 3.63) is 47.2 Å². The number of benzene rings is 1. The van der Waals surface area contributed by atoms with Crippen LogP contribution in [0.5, 0.6) is 0 Å². The average Bonchev–Trinajstić information content (AvgIpc) is 2.37. The van der Waals surface area contributed by atoms with Crippen molar-refractivity contribution in [1.29, 1.82) is 0 Å². The Morgan fingerprint density at radius 1 is 1.35 bits per heavy atom. The molecule has 2 heterocycles. The van der Waals surface area contributed by atoms with E-state index >= 15 is 0 Å². The highest BCUT2D eigenvalue weighted by molar-refractivity contribution is 5.39. The lowest BCUT2D eigenvalue weighted by Crippen LogP contribution is -2.29. The molecular weight excluding hydrogens is 216 g/mol. The third kappa shape index (κ3) is 1.75. The summed E-state index contributed by atoms with van der Waals surface area (Å²) >= 11 is 0. The van der Waals surface area contributed by atoms with E-state index < -0.39 is 6.10 Å². The summed E-state index contributed by atoms with van der Waals surface area (Å²) in [6.45, 7) is 2.66. The molecule has 0 spiro atoms. The molecule has 0 amide bonds. The first-order chi connectivity index (χ1) is 8.29. The predicted octanol–water partition coefficient (Wildman–Crippen LogP) is 2.48. The molecule has 3 nitrogen and oxygen atoms in total. The summed E-state index contributed by atoms with van der Waals surface area (Å²) in [5, 5.41) is 10.2. The van der Waals surface area contributed by atoms with E-state index in [1.165, 1.54) is 0 Å². The second-order valence-corrected chi connectivity index (χ2v) is 4.44. The second kappa shape index (κ2) is 4.17. The molecule has 1 aromatic rings. The van der Waals surface area contributed by atoms with Gasteiger partial charge in [-0.2, -0.15) is 0 Å². The minimum absolute atomic E-state index is 0.0196. The lowest BCUT2D eigenvalue weighted by Gasteiger charge is -2.37. The number of aliphatic hydroxyl groups is 1. The first-order valence-corrected chi connectivity index (χ1v) is 6.06. The van der Waals surface area contributed by atoms with Crippen molar-refractivity contribution < 1.29 is 14.6 Å². The van der Waals surface area contributed by atoms with Crippen molar-refractivity contribution in [3.63, 3.8) is 0 Å². The lowest BCUT2D eigenvalue weighted by molar-refractivity contribution is -0.0302. The van der Waals surface area contributed by atoms with Crippen molar-refractivity contribution >= 4 is 0 Å². The highest BCUT2D eigenvalue weighted by Crippen LogP contribution is 2.44. The molecule has 17 heavy (non-hydrogen) atoms. The smallest absolute Gasteiger partial charge is 0.136 e. The van der Waals surface area contributed by atoms with Gasteiger partial charge in [-0.15, -0.1) is 0 Å². The minimum atomic E-state index is -0.647. The first-order valence-electron chi connectivity index (χ1n) is 6.06. The molecule has 90 valence electrons. The average molecular weight is 232 g/mol. The summed E-state index contributed by atoms with van der Waals surface area (Å²) in [6, 6.07) is 7.91. The Kier molecular flexibility index (Phi) is 2.65. The van der Waals surface area contributed by atoms with Crippen molar-refractivity contribution in [3.8, 4) is 0 Å². The Hall–Kier alpha value is -1.32. The van der Waals surface area contributed by atoms with E-state index in [0.717, 1.165) is 17.5 Å². The van der Waals surface area contributed by atoms with Crippen molar-refractivity contribution in [1.82, 2.24) is 0 Å². The van der Waals surface area contributed by atoms with Gasteiger partial charge in [0.05, 0.1) is 6.10 Å². The topological polar surface area (TPSA) is 38.7 Å². The second-order valence-electron chi connectivity index (χ2n) is 4.44. The van der Waals surface area contributed by atoms with Gasteiger partial charge in [-0.1, -0.05) is 24.3 Å². The van der Waals surface area contributed by atoms with E-state index in [1.807, 2.05) is 37.3 Å². The quantitative estimate of drug-likeness (QED) is 0.851. The fourth-order valence-corrected chi connectivity index (χ4v) is 2.60. The van der Waals surface area contributed by atoms with E-state index in [4.69, 9.17) is 9.47 Å². The largest absolute Gasteiger partial charge is 0.487 e. The lowest BCUT2D eigenvalue weighted by atomic mass is 9.88. The maximum atomic E-state index is 10.2. The molecule has 0 radical (unpaired) electrons. The van der Waals surface area contributed by atoms with Crippen molar-refractivity contribution in [2.45, 2.75) is 31.7 Å². The summed E-state index contributed by atoms with van der Waals surface area (Å²) in [4.78, 5) is 0. The van der Waals surface area contributed by atoms with Crippen LogP contribution in [0.1, 0.15) is 36.7 Å². The molecule has 2 aliphatic rings. The van der Waals surface area contributed by atoms with E-state index in [1.54, 1.807) is 0 Å². The highest BCUT2D eigenvalue weighted by atomic mass is 16.5. The Morgan fingerprint density at radius 3 is 2.88 bits per heavy atom. The van der Waals surface area contributed by atoms with Gasteiger partial charge in [0.15, 0.2) is 0 Å². The van der Waals surface area contributed by atoms with Gasteiger partial charge < -0.3 is 14.6 Å². The summed E-state index contributed by atoms with van der Waals surface area (Å²) < 4.78 is 11.4. The zero-order valence-electron chi connectivity index (χ0n) is 9.80. The third-order valence-electron chi connectivity index (χ3n) is 3.36. The fraction of sp³-hybridized carbons (Fsp3) is 0.429. The Morgan fingerprint density at radius 2 is 2.12 bits per heavy atom. The molecule has 3 atom stereocenters. The van der Waals surface area contributed by atoms with Crippen LogP contribution in [-0.2, 0) is 9.47 Å². The van der Waals surface area contributed by atoms with Gasteiger partial charge in [0.25, 0.3) is 0 Å². The van der Waals surface area contributed by atoms with Crippen LogP contribution in [-0.4, -0.2) is 17.8 Å². The summed E-state index contributed by atoms with van der Waals surface area (Å²) in [5.74, 6) is 0.637. The van der Waals surface area contributed by atoms with Crippen LogP contribution in [0.4, 0.5) is 0 Å². The molecular formula is C14H16O3. The predicted molar refractivity (Wildman–Crippen MR) is 63.3 cm³/mol. The highest BCUT2D eigenvalue weighted by Gasteiger charge is 2.36. The van der Waals surface area contributed by atoms with Gasteiger partial charge in [0, 0.05) is 13.0 Å². The normalized spacial score (nSPS) is 30.2. The van der Waals surface area contributed by atoms with Gasteiger partial charge in [-0.3, -0.25) is 0 Å². The summed E-state index contributed by atoms with van der Waals surface area (Å²) in [5.41, 5.74) is 2.05. The maximum absolute atomic E-state index is 10.2. The number of rotatable bonds is 2. The van der Waals surface area contributed by atoms with Gasteiger partial charge in [-0.25, -0.2) is 0 Å². The third-order valence-corrected chi connectivity index (χ3v) is 3.36. The Labute approximate surface area is 101 Å². The van der Waals surface area contributed by atoms with Crippen molar-refractivity contribution in [2.24, 2.45) is 0 Å². The Balaban J connectivity index is 2.00. The van der Waals surface area contributed by atoms with Crippen LogP contribution in [0, 0.1) is 0 Å². The standard InChI is InChI=1S/C14H16O3/c1-2-16-9-7-12-10-5-3-4-6-11(10)14(15)13(8-9)17-12/h3-6,8-9,12,14-15H,2,7H2,1H3/t9-,12-,14-/m0/s1. The molecule has 0 saturated heterocycles. The molecule has 1 N–H and O–H groups in total. The number of hydrogen-bond donors (Lipinski definition) is 1. The molecule has 0 aromatic heterocycles. The van der Waals surface area contributed by atoms with Crippen LogP contribution in [0.2, 0.25) is 0 Å². The van der Waals surface area contributed by atoms with Gasteiger partial charge in [-0.05, 0) is 24.1 Å². The molecule has 0 fully saturated rings. The van der Waals surface area contributed by atoms with Crippen molar-refractivity contribution in [2.75, 3.05) is 6.61 Å². The summed E-state index contributed by atoms with van der Waals surface area (Å²) in [6.07, 6.45) is 2.15. The molecule has 2 bridgehead atoms. The minimum Gasteiger partial charge on any atom is -0.487 e. The molecule has 2 aliphatic heterocycles. The van der Waals surface area contributed by atoms with Crippen LogP contribution in [0.15, 0.2) is 36.1 Å². The van der Waals surface area contributed by atoms with Crippen LogP contribution >= 0.6 is 0 Å². The molecule has 0 unspecified atom stereocenters. The SMILES string of the molecule is CCO[C@@H]1C=C2O[C@@H](C1)c1ccccc1[C@@H]2O. The van der Waals surface area contributed by atoms with Gasteiger partial charge in [0.1, 0.15) is 18.0 Å². The number of fused-ring (bicyclic) bond motifs is 4. The van der Waals surface area contributed by atoms with Crippen LogP contribution < -0.4 is 0 Å². The maximum Gasteiger partial charge on any atom is 0.136 e. The zero-order valence-corrected chi connectivity index (χ0v) is 9.80. The molecule has 3 heteroatoms. The zero-order chi connectivity index (χ0) is 11.8. The van der Waals surface area contributed by atoms with Gasteiger partial charge >= 0.3 is 0 Å². The molecule has 1 aromatic carbocycles. The number of aliphatic hydroxyl groups excluding tert-OH is 1. The Bertz CT molecular complexity index is 453. The van der Waals surface area contributed by atoms with Gasteiger partial charge in [0.2, 0.25) is 0 Å². The van der Waals surface area contributed by atoms with Crippen LogP contribution in [0.25, 0.3) is 0 Å². The monoisotopic (exact) mass is 232 g/mol. The van der Waals surface area contributed by atoms with E-state index in [0.29, 0.717) is 12.4 Å². The van der Waals surface area contributed by atoms with Crippen LogP contribution in [0.3, 0.4) is 0 Å². The van der Waals surface area contributed by atoms with E-state index in [2.05, 4.69) is 0 Å². The van der Waals surface area contributed by atoms with E-state index in [-0.39, 0.29) is 12.2 Å². The molecule has 3 rings (SSSR count). The number of ether oxygens (including phenoxy) is 2. The molecule has 0 aliphatic carbocycles. The first kappa shape index (κ1) is 10.8.